The van der Waals surface area contributed by atoms with Gasteiger partial charge in [0.15, 0.2) is 5.75 Å². The van der Waals surface area contributed by atoms with Gasteiger partial charge < -0.3 is 16.6 Å². The summed E-state index contributed by atoms with van der Waals surface area (Å²) in [5.74, 6) is -0.307. The van der Waals surface area contributed by atoms with Crippen LogP contribution in [0.15, 0.2) is 42.6 Å². The van der Waals surface area contributed by atoms with E-state index in [0.717, 1.165) is 10.4 Å². The van der Waals surface area contributed by atoms with Crippen LogP contribution in [0.3, 0.4) is 0 Å². The highest BCUT2D eigenvalue weighted by Crippen LogP contribution is 2.39. The second-order valence-corrected chi connectivity index (χ2v) is 6.01. The Kier molecular flexibility index (Phi) is 5.76. The Morgan fingerprint density at radius 1 is 1.08 bits per heavy atom. The van der Waals surface area contributed by atoms with E-state index in [2.05, 4.69) is 4.98 Å². The molecule has 0 amide bonds. The molecular weight excluding hydrogens is 325 g/mol. The molecule has 3 aromatic rings. The molecule has 1 aromatic heterocycles. The summed E-state index contributed by atoms with van der Waals surface area (Å²) in [4.78, 5) is 5.33. The second-order valence-electron chi connectivity index (χ2n) is 4.90. The van der Waals surface area contributed by atoms with Gasteiger partial charge in [-0.15, -0.1) is 11.3 Å². The van der Waals surface area contributed by atoms with Gasteiger partial charge in [0.25, 0.3) is 0 Å². The van der Waals surface area contributed by atoms with Gasteiger partial charge in [-0.05, 0) is 29.8 Å². The molecular formula is C18H20FN3OS. The standard InChI is InChI=1S/C16H14FN3OS.C2H6/c17-10-3-1-9(2-4-10)7-11-8-20-16(22-11)12-5-6-13(18)14(19)15(12)21;1-2/h1-6,8,21H,7,18-19H2;1-2H3. The molecule has 0 fully saturated rings. The van der Waals surface area contributed by atoms with Crippen LogP contribution >= 0.6 is 11.3 Å². The lowest BCUT2D eigenvalue weighted by Crippen LogP contribution is -1.95. The predicted octanol–water partition coefficient (Wildman–Crippen LogP) is 4.44. The van der Waals surface area contributed by atoms with Crippen molar-refractivity contribution in [2.24, 2.45) is 0 Å². The molecule has 4 nitrogen and oxygen atoms in total. The third-order valence-corrected chi connectivity index (χ3v) is 4.36. The summed E-state index contributed by atoms with van der Waals surface area (Å²) in [7, 11) is 0. The Labute approximate surface area is 144 Å². The third-order valence-electron chi connectivity index (χ3n) is 3.33. The molecule has 0 aliphatic heterocycles. The fourth-order valence-corrected chi connectivity index (χ4v) is 3.09. The van der Waals surface area contributed by atoms with E-state index >= 15 is 0 Å². The first kappa shape index (κ1) is 17.7. The highest BCUT2D eigenvalue weighted by atomic mass is 32.1. The van der Waals surface area contributed by atoms with Crippen molar-refractivity contribution < 1.29 is 9.50 Å². The number of halogens is 1. The van der Waals surface area contributed by atoms with E-state index < -0.39 is 0 Å². The Bertz CT molecular complexity index is 816. The van der Waals surface area contributed by atoms with Gasteiger partial charge >= 0.3 is 0 Å². The van der Waals surface area contributed by atoms with Crippen molar-refractivity contribution in [3.05, 3.63) is 58.9 Å². The van der Waals surface area contributed by atoms with E-state index in [-0.39, 0.29) is 17.3 Å². The summed E-state index contributed by atoms with van der Waals surface area (Å²) in [6, 6.07) is 9.70. The number of hydrogen-bond donors (Lipinski definition) is 3. The van der Waals surface area contributed by atoms with Gasteiger partial charge in [0, 0.05) is 17.5 Å². The smallest absolute Gasteiger partial charge is 0.150 e. The van der Waals surface area contributed by atoms with E-state index in [1.165, 1.54) is 23.5 Å². The zero-order valence-electron chi connectivity index (χ0n) is 13.6. The minimum absolute atomic E-state index is 0.0531. The van der Waals surface area contributed by atoms with Gasteiger partial charge in [0.1, 0.15) is 10.8 Å². The maximum absolute atomic E-state index is 12.9. The second kappa shape index (κ2) is 7.79. The third kappa shape index (κ3) is 3.83. The van der Waals surface area contributed by atoms with Crippen molar-refractivity contribution in [1.29, 1.82) is 0 Å². The van der Waals surface area contributed by atoms with Gasteiger partial charge in [-0.25, -0.2) is 9.37 Å². The first-order valence-electron chi connectivity index (χ1n) is 7.61. The number of nitrogens with zero attached hydrogens (tertiary/aromatic N) is 1. The number of phenols is 1. The van der Waals surface area contributed by atoms with Crippen molar-refractivity contribution in [3.63, 3.8) is 0 Å². The lowest BCUT2D eigenvalue weighted by atomic mass is 10.1. The van der Waals surface area contributed by atoms with Crippen LogP contribution in [0.2, 0.25) is 0 Å². The molecule has 6 heteroatoms. The van der Waals surface area contributed by atoms with Gasteiger partial charge in [-0.2, -0.15) is 0 Å². The van der Waals surface area contributed by atoms with Gasteiger partial charge in [0.05, 0.1) is 16.9 Å². The minimum Gasteiger partial charge on any atom is -0.505 e. The average molecular weight is 345 g/mol. The number of hydrogen-bond acceptors (Lipinski definition) is 5. The van der Waals surface area contributed by atoms with Crippen molar-refractivity contribution in [2.45, 2.75) is 20.3 Å². The number of thiazole rings is 1. The largest absolute Gasteiger partial charge is 0.505 e. The van der Waals surface area contributed by atoms with E-state index in [0.29, 0.717) is 22.7 Å². The fourth-order valence-electron chi connectivity index (χ4n) is 2.11. The normalized spacial score (nSPS) is 10.1. The molecule has 0 atom stereocenters. The summed E-state index contributed by atoms with van der Waals surface area (Å²) >= 11 is 1.45. The van der Waals surface area contributed by atoms with Crippen molar-refractivity contribution in [3.8, 4) is 16.3 Å². The summed E-state index contributed by atoms with van der Waals surface area (Å²) < 4.78 is 12.9. The van der Waals surface area contributed by atoms with Crippen LogP contribution in [0, 0.1) is 5.82 Å². The van der Waals surface area contributed by atoms with Crippen LogP contribution in [0.25, 0.3) is 10.6 Å². The lowest BCUT2D eigenvalue weighted by Gasteiger charge is -2.06. The quantitative estimate of drug-likeness (QED) is 0.484. The molecule has 0 unspecified atom stereocenters. The first-order valence-corrected chi connectivity index (χ1v) is 8.42. The van der Waals surface area contributed by atoms with Crippen molar-refractivity contribution >= 4 is 22.7 Å². The molecule has 0 aliphatic carbocycles. The number of rotatable bonds is 3. The summed E-state index contributed by atoms with van der Waals surface area (Å²) in [5.41, 5.74) is 13.4. The Balaban J connectivity index is 0.00000100. The van der Waals surface area contributed by atoms with E-state index in [1.54, 1.807) is 30.5 Å². The molecule has 2 aromatic carbocycles. The fraction of sp³-hybridized carbons (Fsp3) is 0.167. The monoisotopic (exact) mass is 345 g/mol. The number of aromatic hydroxyl groups is 1. The molecule has 24 heavy (non-hydrogen) atoms. The van der Waals surface area contributed by atoms with Crippen molar-refractivity contribution in [2.75, 3.05) is 11.5 Å². The maximum atomic E-state index is 12.9. The Morgan fingerprint density at radius 3 is 2.42 bits per heavy atom. The highest BCUT2D eigenvalue weighted by Gasteiger charge is 2.13. The number of anilines is 2. The zero-order chi connectivity index (χ0) is 17.7. The number of phenolic OH excluding ortho intramolecular Hbond substituents is 1. The first-order chi connectivity index (χ1) is 11.5. The molecule has 3 rings (SSSR count). The van der Waals surface area contributed by atoms with Gasteiger partial charge in [-0.3, -0.25) is 0 Å². The molecule has 1 heterocycles. The van der Waals surface area contributed by atoms with Crippen LogP contribution in [0.5, 0.6) is 5.75 Å². The highest BCUT2D eigenvalue weighted by molar-refractivity contribution is 7.15. The van der Waals surface area contributed by atoms with E-state index in [9.17, 15) is 9.50 Å². The molecule has 0 radical (unpaired) electrons. The van der Waals surface area contributed by atoms with Crippen LogP contribution in [0.1, 0.15) is 24.3 Å². The molecule has 5 N–H and O–H groups in total. The van der Waals surface area contributed by atoms with E-state index in [1.807, 2.05) is 13.8 Å². The molecule has 126 valence electrons. The van der Waals surface area contributed by atoms with E-state index in [4.69, 9.17) is 11.5 Å². The molecule has 0 bridgehead atoms. The molecule has 0 spiro atoms. The zero-order valence-corrected chi connectivity index (χ0v) is 14.4. The Hall–Kier alpha value is -2.60. The number of benzene rings is 2. The van der Waals surface area contributed by atoms with Crippen LogP contribution < -0.4 is 11.5 Å². The Morgan fingerprint density at radius 2 is 1.75 bits per heavy atom. The predicted molar refractivity (Wildman–Crippen MR) is 98.6 cm³/mol. The molecule has 0 saturated heterocycles. The van der Waals surface area contributed by atoms with Crippen molar-refractivity contribution in [1.82, 2.24) is 4.98 Å². The number of nitrogens with two attached hydrogens (primary N) is 2. The molecule has 0 aliphatic rings. The summed E-state index contributed by atoms with van der Waals surface area (Å²) in [5, 5.41) is 10.7. The average Bonchev–Trinajstić information content (AvgIpc) is 3.05. The lowest BCUT2D eigenvalue weighted by molar-refractivity contribution is 0.480. The SMILES string of the molecule is CC.Nc1ccc(-c2ncc(Cc3ccc(F)cc3)s2)c(O)c1N. The van der Waals surface area contributed by atoms with Crippen LogP contribution in [0.4, 0.5) is 15.8 Å². The number of aromatic nitrogens is 1. The van der Waals surface area contributed by atoms with Crippen LogP contribution in [-0.2, 0) is 6.42 Å². The maximum Gasteiger partial charge on any atom is 0.150 e. The van der Waals surface area contributed by atoms with Gasteiger partial charge in [-0.1, -0.05) is 26.0 Å². The van der Waals surface area contributed by atoms with Gasteiger partial charge in [0.2, 0.25) is 0 Å². The van der Waals surface area contributed by atoms with Crippen LogP contribution in [-0.4, -0.2) is 10.1 Å². The number of nitrogen functional groups attached to an aromatic ring is 2. The summed E-state index contributed by atoms with van der Waals surface area (Å²) in [6.45, 7) is 4.00. The molecule has 0 saturated carbocycles. The minimum atomic E-state index is -0.254. The summed E-state index contributed by atoms with van der Waals surface area (Å²) in [6.07, 6.45) is 2.40. The topological polar surface area (TPSA) is 85.2 Å².